The van der Waals surface area contributed by atoms with E-state index in [1.165, 1.54) is 43.5 Å². The van der Waals surface area contributed by atoms with Crippen LogP contribution >= 0.6 is 0 Å². The van der Waals surface area contributed by atoms with Gasteiger partial charge in [0.25, 0.3) is 11.8 Å². The Hall–Kier alpha value is -6.35. The Bertz CT molecular complexity index is 2250. The van der Waals surface area contributed by atoms with Gasteiger partial charge in [0, 0.05) is 34.4 Å². The van der Waals surface area contributed by atoms with Gasteiger partial charge in [-0.3, -0.25) is 14.4 Å². The number of aliphatic hydroxyl groups is 1. The van der Waals surface area contributed by atoms with Crippen molar-refractivity contribution in [1.82, 2.24) is 10.6 Å². The molecule has 3 N–H and O–H groups in total. The summed E-state index contributed by atoms with van der Waals surface area (Å²) in [6.45, 7) is 11.3. The predicted octanol–water partition coefficient (Wildman–Crippen LogP) is 4.60. The Labute approximate surface area is 321 Å². The molecule has 2 atom stereocenters. The third-order valence-electron chi connectivity index (χ3n) is 9.67. The number of rotatable bonds is 5. The maximum atomic E-state index is 14.0. The van der Waals surface area contributed by atoms with Crippen LogP contribution < -0.4 is 24.8 Å². The number of carbonyl (C=O) groups is 6. The van der Waals surface area contributed by atoms with Crippen molar-refractivity contribution < 1.29 is 62.1 Å². The molecule has 4 aliphatic rings. The number of ether oxygens (including phenoxy) is 5. The average molecular weight is 767 g/mol. The number of esters is 3. The van der Waals surface area contributed by atoms with Crippen LogP contribution in [0.2, 0.25) is 0 Å². The highest BCUT2D eigenvalue weighted by Crippen LogP contribution is 2.57. The van der Waals surface area contributed by atoms with E-state index in [-0.39, 0.29) is 52.0 Å². The van der Waals surface area contributed by atoms with E-state index in [0.29, 0.717) is 16.7 Å². The molecule has 4 amide bonds. The minimum atomic E-state index is -1.67. The minimum absolute atomic E-state index is 0.0150. The zero-order chi connectivity index (χ0) is 40.5. The summed E-state index contributed by atoms with van der Waals surface area (Å²) in [6.07, 6.45) is 0.419. The number of nitrogens with one attached hydrogen (secondary N) is 2. The molecule has 15 heteroatoms. The van der Waals surface area contributed by atoms with Crippen molar-refractivity contribution in [3.63, 3.8) is 0 Å². The fourth-order valence-corrected chi connectivity index (χ4v) is 6.56. The molecule has 290 valence electrons. The molecule has 0 bridgehead atoms. The second kappa shape index (κ2) is 13.4. The molecule has 4 heterocycles. The third-order valence-corrected chi connectivity index (χ3v) is 9.67. The van der Waals surface area contributed by atoms with Crippen LogP contribution in [0.4, 0.5) is 4.79 Å². The molecule has 0 saturated carbocycles. The number of aliphatic hydroxyl groups excluding tert-OH is 1. The lowest BCUT2D eigenvalue weighted by Crippen LogP contribution is -2.43. The average Bonchev–Trinajstić information content (AvgIpc) is 3.66. The Morgan fingerprint density at radius 2 is 1.46 bits per heavy atom. The molecule has 56 heavy (non-hydrogen) atoms. The summed E-state index contributed by atoms with van der Waals surface area (Å²) < 4.78 is 30.9. The lowest BCUT2D eigenvalue weighted by Gasteiger charge is -2.37. The van der Waals surface area contributed by atoms with Gasteiger partial charge in [-0.15, -0.1) is 4.58 Å². The summed E-state index contributed by atoms with van der Waals surface area (Å²) in [5.41, 5.74) is -1.68. The van der Waals surface area contributed by atoms with Gasteiger partial charge in [0.15, 0.2) is 5.60 Å². The van der Waals surface area contributed by atoms with E-state index in [4.69, 9.17) is 23.7 Å². The number of benzene rings is 3. The highest BCUT2D eigenvalue weighted by Gasteiger charge is 2.54. The van der Waals surface area contributed by atoms with Crippen LogP contribution in [-0.4, -0.2) is 70.1 Å². The van der Waals surface area contributed by atoms with Crippen molar-refractivity contribution in [2.75, 3.05) is 6.61 Å². The van der Waals surface area contributed by atoms with E-state index in [2.05, 4.69) is 10.6 Å². The SMILES string of the molecule is CC1=C/[N+](=C2\C[C@@H](NC(=O)c3ccc4c(c3)C3(OC4=O)c4ccc(OC(=O)C(C)(C)C)cc4Oc4cc(OC(=O)C(C)(C)C)ccc43)[C@@H](CO)O2)C(=O)NC1=O. The van der Waals surface area contributed by atoms with Gasteiger partial charge in [-0.25, -0.2) is 9.59 Å². The molecule has 15 nitrogen and oxygen atoms in total. The lowest BCUT2D eigenvalue weighted by molar-refractivity contribution is -0.366. The van der Waals surface area contributed by atoms with Gasteiger partial charge in [0.05, 0.1) is 41.0 Å². The first-order valence-electron chi connectivity index (χ1n) is 17.9. The number of imide groups is 1. The number of fused-ring (bicyclic) bond motifs is 6. The van der Waals surface area contributed by atoms with Crippen molar-refractivity contribution in [1.29, 1.82) is 0 Å². The topological polar surface area (TPSA) is 196 Å². The van der Waals surface area contributed by atoms with Gasteiger partial charge in [0.1, 0.15) is 35.3 Å². The quantitative estimate of drug-likeness (QED) is 0.186. The standard InChI is InChI=1S/C41H39N3O12/c1-20-18-44(38(51)43-33(20)46)32-17-28(31(19-45)55-32)42-34(47)21-8-11-24-27(14-21)41(56-35(24)48)25-12-9-22(52-36(49)39(2,3)4)15-29(25)54-30-16-23(10-13-26(30)41)53-37(50)40(5,6)7/h8-16,18,28,31,45H,17,19H2,1-7H3,(H-,42,43,46,47,51)/p+1/b44-32-/t28-,31-/m1/s1. The van der Waals surface area contributed by atoms with Gasteiger partial charge in [-0.1, -0.05) is 0 Å². The molecular formula is C41H40N3O12+. The van der Waals surface area contributed by atoms with E-state index in [1.807, 2.05) is 0 Å². The Balaban J connectivity index is 1.28. The fraction of sp³-hybridized carbons (Fsp3) is 0.341. The maximum absolute atomic E-state index is 14.0. The number of hydrogen-bond acceptors (Lipinski definition) is 12. The highest BCUT2D eigenvalue weighted by molar-refractivity contribution is 6.04. The molecule has 7 rings (SSSR count). The first-order valence-corrected chi connectivity index (χ1v) is 17.9. The van der Waals surface area contributed by atoms with Crippen LogP contribution in [0.5, 0.6) is 23.0 Å². The molecule has 3 aromatic carbocycles. The Morgan fingerprint density at radius 3 is 2.02 bits per heavy atom. The third kappa shape index (κ3) is 6.57. The molecule has 4 aliphatic heterocycles. The van der Waals surface area contributed by atoms with Crippen molar-refractivity contribution >= 4 is 41.7 Å². The highest BCUT2D eigenvalue weighted by atomic mass is 16.6. The number of amides is 4. The van der Waals surface area contributed by atoms with E-state index in [9.17, 15) is 33.9 Å². The molecule has 1 fully saturated rings. The molecule has 3 aromatic rings. The molecule has 1 saturated heterocycles. The number of urea groups is 1. The summed E-state index contributed by atoms with van der Waals surface area (Å²) in [7, 11) is 0. The first-order chi connectivity index (χ1) is 26.3. The monoisotopic (exact) mass is 766 g/mol. The van der Waals surface area contributed by atoms with Crippen LogP contribution in [0.15, 0.2) is 66.4 Å². The van der Waals surface area contributed by atoms with Gasteiger partial charge in [-0.2, -0.15) is 10.1 Å². The number of hydrogen-bond donors (Lipinski definition) is 3. The molecule has 0 aliphatic carbocycles. The minimum Gasteiger partial charge on any atom is -0.457 e. The molecule has 0 radical (unpaired) electrons. The van der Waals surface area contributed by atoms with E-state index < -0.39 is 70.9 Å². The normalized spacial score (nSPS) is 20.7. The number of carbonyl (C=O) groups excluding carboxylic acids is 6. The molecule has 0 aromatic heterocycles. The molecule has 1 spiro atoms. The van der Waals surface area contributed by atoms with Crippen LogP contribution in [0, 0.1) is 10.8 Å². The van der Waals surface area contributed by atoms with Crippen LogP contribution in [0.25, 0.3) is 0 Å². The van der Waals surface area contributed by atoms with Crippen LogP contribution in [0.1, 0.15) is 92.3 Å². The van der Waals surface area contributed by atoms with Crippen molar-refractivity contribution in [2.24, 2.45) is 10.8 Å². The largest absolute Gasteiger partial charge is 0.506 e. The summed E-state index contributed by atoms with van der Waals surface area (Å²) in [6, 6.07) is 12.3. The summed E-state index contributed by atoms with van der Waals surface area (Å²) >= 11 is 0. The summed E-state index contributed by atoms with van der Waals surface area (Å²) in [5, 5.41) is 15.2. The van der Waals surface area contributed by atoms with Gasteiger partial charge >= 0.3 is 29.8 Å². The number of nitrogens with zero attached hydrogens (tertiary/aromatic N) is 1. The van der Waals surface area contributed by atoms with Crippen molar-refractivity contribution in [3.05, 3.63) is 94.2 Å². The summed E-state index contributed by atoms with van der Waals surface area (Å²) in [4.78, 5) is 77.7. The second-order valence-corrected chi connectivity index (χ2v) is 16.0. The predicted molar refractivity (Wildman–Crippen MR) is 195 cm³/mol. The van der Waals surface area contributed by atoms with E-state index >= 15 is 0 Å². The van der Waals surface area contributed by atoms with Crippen LogP contribution in [-0.2, 0) is 29.5 Å². The zero-order valence-electron chi connectivity index (χ0n) is 31.7. The van der Waals surface area contributed by atoms with Crippen molar-refractivity contribution in [2.45, 2.75) is 72.6 Å². The van der Waals surface area contributed by atoms with Gasteiger partial charge in [-0.05, 0) is 90.9 Å². The van der Waals surface area contributed by atoms with Gasteiger partial charge in [0.2, 0.25) is 0 Å². The van der Waals surface area contributed by atoms with E-state index in [1.54, 1.807) is 65.8 Å². The van der Waals surface area contributed by atoms with E-state index in [0.717, 1.165) is 4.58 Å². The van der Waals surface area contributed by atoms with Gasteiger partial charge < -0.3 is 34.1 Å². The molecule has 0 unspecified atom stereocenters. The maximum Gasteiger partial charge on any atom is 0.506 e. The first kappa shape index (κ1) is 37.9. The second-order valence-electron chi connectivity index (χ2n) is 16.0. The van der Waals surface area contributed by atoms with Crippen LogP contribution in [0.3, 0.4) is 0 Å². The lowest BCUT2D eigenvalue weighted by atomic mass is 9.77. The zero-order valence-corrected chi connectivity index (χ0v) is 31.7. The summed E-state index contributed by atoms with van der Waals surface area (Å²) in [5.74, 6) is -1.97. The smallest absolute Gasteiger partial charge is 0.457 e. The fourth-order valence-electron chi connectivity index (χ4n) is 6.56. The van der Waals surface area contributed by atoms with Crippen molar-refractivity contribution in [3.8, 4) is 23.0 Å². The Kier molecular flexibility index (Phi) is 9.11. The molecular weight excluding hydrogens is 726 g/mol. The Morgan fingerprint density at radius 1 is 0.875 bits per heavy atom.